The molecule has 0 aliphatic carbocycles. The van der Waals surface area contributed by atoms with Gasteiger partial charge >= 0.3 is 71.7 Å². The molecule has 70 valence electrons. The van der Waals surface area contributed by atoms with E-state index in [1.807, 2.05) is 0 Å². The van der Waals surface area contributed by atoms with E-state index < -0.39 is 18.3 Å². The minimum absolute atomic E-state index is 0. The first-order chi connectivity index (χ1) is 4.00. The van der Waals surface area contributed by atoms with Crippen molar-refractivity contribution in [2.75, 3.05) is 0 Å². The van der Waals surface area contributed by atoms with Crippen molar-refractivity contribution in [2.24, 2.45) is 0 Å². The Hall–Kier alpha value is 2.45. The van der Waals surface area contributed by atoms with E-state index in [9.17, 15) is 8.22 Å². The molecule has 13 heavy (non-hydrogen) atoms. The standard InChI is InChI=1S/2FO3Si.3Sn/c2*1-5(2,3)4;;;/q2*-3;3*+2. The summed E-state index contributed by atoms with van der Waals surface area (Å²) in [6.45, 7) is 0. The molecule has 0 saturated carbocycles. The predicted molar refractivity (Wildman–Crippen MR) is 31.0 cm³/mol. The van der Waals surface area contributed by atoms with Crippen LogP contribution < -0.4 is 28.8 Å². The molecule has 0 aromatic rings. The Bertz CT molecular complexity index is 66.9. The third-order valence-electron chi connectivity index (χ3n) is 0. The molecule has 13 heteroatoms. The van der Waals surface area contributed by atoms with Gasteiger partial charge < -0.3 is 37.0 Å². The Morgan fingerprint density at radius 3 is 0.538 bits per heavy atom. The van der Waals surface area contributed by atoms with Crippen LogP contribution >= 0.6 is 0 Å². The first kappa shape index (κ1) is 29.5. The van der Waals surface area contributed by atoms with Crippen LogP contribution in [0.2, 0.25) is 0 Å². The van der Waals surface area contributed by atoms with Crippen molar-refractivity contribution in [3.8, 4) is 0 Å². The molecule has 0 aromatic heterocycles. The Kier molecular flexibility index (Phi) is 28.4. The molecule has 0 aromatic carbocycles. The largest absolute Gasteiger partial charge is 2.00 e. The number of hydrogen-bond acceptors (Lipinski definition) is 6. The van der Waals surface area contributed by atoms with E-state index in [4.69, 9.17) is 28.8 Å². The second-order valence-corrected chi connectivity index (χ2v) is 2.89. The molecule has 0 unspecified atom stereocenters. The van der Waals surface area contributed by atoms with Gasteiger partial charge in [0, 0.05) is 0 Å². The van der Waals surface area contributed by atoms with Crippen molar-refractivity contribution >= 4 is 90.0 Å². The van der Waals surface area contributed by atoms with Gasteiger partial charge in [-0.25, -0.2) is 0 Å². The van der Waals surface area contributed by atoms with Crippen LogP contribution in [0.5, 0.6) is 0 Å². The van der Waals surface area contributed by atoms with Crippen LogP contribution in [0.25, 0.3) is 0 Å². The maximum Gasteiger partial charge on any atom is 2.00 e. The van der Waals surface area contributed by atoms with E-state index in [0.29, 0.717) is 0 Å². The van der Waals surface area contributed by atoms with Crippen LogP contribution in [-0.2, 0) is 0 Å². The molecule has 0 heterocycles. The summed E-state index contributed by atoms with van der Waals surface area (Å²) in [4.78, 5) is 50.8. The zero-order valence-electron chi connectivity index (χ0n) is 5.71. The van der Waals surface area contributed by atoms with Gasteiger partial charge in [0.15, 0.2) is 0 Å². The minimum atomic E-state index is -5.86. The van der Waals surface area contributed by atoms with Crippen LogP contribution in [-0.4, -0.2) is 90.0 Å². The van der Waals surface area contributed by atoms with Gasteiger partial charge in [-0.1, -0.05) is 18.3 Å². The summed E-state index contributed by atoms with van der Waals surface area (Å²) in [6.07, 6.45) is 0. The minimum Gasteiger partial charge on any atom is -0.857 e. The number of halogens is 2. The molecular formula is F2O6Si2Sn3. The molecule has 6 nitrogen and oxygen atoms in total. The molecule has 0 spiro atoms. The average molecular weight is 546 g/mol. The van der Waals surface area contributed by atoms with Crippen molar-refractivity contribution < 1.29 is 37.0 Å². The SMILES string of the molecule is [O-][Si]([O-])([O-])F.[O-][Si]([O-])([O-])F.[Sn+2].[Sn+2].[Sn+2]. The summed E-state index contributed by atoms with van der Waals surface area (Å²) >= 11 is 0. The Balaban J connectivity index is -0.0000000267. The summed E-state index contributed by atoms with van der Waals surface area (Å²) < 4.78 is 20.3. The van der Waals surface area contributed by atoms with Crippen molar-refractivity contribution in [1.82, 2.24) is 0 Å². The average Bonchev–Trinajstić information content (AvgIpc) is 1.12. The first-order valence-electron chi connectivity index (χ1n) is 1.60. The topological polar surface area (TPSA) is 138 Å². The molecule has 0 aliphatic heterocycles. The third kappa shape index (κ3) is 373. The van der Waals surface area contributed by atoms with Gasteiger partial charge in [-0.15, -0.1) is 0 Å². The summed E-state index contributed by atoms with van der Waals surface area (Å²) in [6, 6.07) is 0. The van der Waals surface area contributed by atoms with Crippen LogP contribution in [0.15, 0.2) is 0 Å². The second-order valence-electron chi connectivity index (χ2n) is 0.963. The van der Waals surface area contributed by atoms with Crippen molar-refractivity contribution in [3.63, 3.8) is 0 Å². The fourth-order valence-corrected chi connectivity index (χ4v) is 0. The van der Waals surface area contributed by atoms with Crippen LogP contribution in [0, 0.1) is 0 Å². The molecule has 0 aliphatic rings. The Labute approximate surface area is 126 Å². The van der Waals surface area contributed by atoms with Gasteiger partial charge in [0.1, 0.15) is 0 Å². The Morgan fingerprint density at radius 1 is 0.538 bits per heavy atom. The van der Waals surface area contributed by atoms with E-state index >= 15 is 0 Å². The molecule has 0 amide bonds. The van der Waals surface area contributed by atoms with Crippen molar-refractivity contribution in [3.05, 3.63) is 0 Å². The predicted octanol–water partition coefficient (Wildman–Crippen LogP) is -8.20. The summed E-state index contributed by atoms with van der Waals surface area (Å²) in [5, 5.41) is 0. The van der Waals surface area contributed by atoms with Gasteiger partial charge in [0.25, 0.3) is 0 Å². The van der Waals surface area contributed by atoms with Crippen LogP contribution in [0.4, 0.5) is 8.22 Å². The van der Waals surface area contributed by atoms with E-state index in [1.165, 1.54) is 0 Å². The molecule has 0 fully saturated rings. The van der Waals surface area contributed by atoms with Gasteiger partial charge in [-0.05, 0) is 0 Å². The van der Waals surface area contributed by atoms with Crippen molar-refractivity contribution in [2.45, 2.75) is 0 Å². The molecular weight excluding hydrogens is 546 g/mol. The Morgan fingerprint density at radius 2 is 0.538 bits per heavy atom. The first-order valence-corrected chi connectivity index (χ1v) is 4.81. The van der Waals surface area contributed by atoms with E-state index in [0.717, 1.165) is 0 Å². The molecule has 0 rings (SSSR count). The third-order valence-corrected chi connectivity index (χ3v) is 0. The number of hydrogen-bond donors (Lipinski definition) is 0. The summed E-state index contributed by atoms with van der Waals surface area (Å²) in [5.41, 5.74) is 0. The zero-order valence-corrected chi connectivity index (χ0v) is 16.3. The van der Waals surface area contributed by atoms with Crippen LogP contribution in [0.3, 0.4) is 0 Å². The fourth-order valence-electron chi connectivity index (χ4n) is 0. The van der Waals surface area contributed by atoms with E-state index in [-0.39, 0.29) is 71.7 Å². The quantitative estimate of drug-likeness (QED) is 0.219. The van der Waals surface area contributed by atoms with E-state index in [1.54, 1.807) is 0 Å². The van der Waals surface area contributed by atoms with Crippen molar-refractivity contribution in [1.29, 1.82) is 0 Å². The maximum absolute atomic E-state index is 10.2. The normalized spacial score (nSPS) is 9.23. The fraction of sp³-hybridized carbons (Fsp3) is 0. The smallest absolute Gasteiger partial charge is 0.857 e. The second kappa shape index (κ2) is 12.5. The van der Waals surface area contributed by atoms with E-state index in [2.05, 4.69) is 0 Å². The summed E-state index contributed by atoms with van der Waals surface area (Å²) in [5.74, 6) is 0. The maximum atomic E-state index is 10.2. The molecule has 0 N–H and O–H groups in total. The van der Waals surface area contributed by atoms with Gasteiger partial charge in [0.05, 0.1) is 0 Å². The summed E-state index contributed by atoms with van der Waals surface area (Å²) in [7, 11) is -11.7. The number of rotatable bonds is 0. The van der Waals surface area contributed by atoms with Gasteiger partial charge in [-0.2, -0.15) is 0 Å². The van der Waals surface area contributed by atoms with Crippen LogP contribution in [0.1, 0.15) is 0 Å². The zero-order chi connectivity index (χ0) is 9.00. The van der Waals surface area contributed by atoms with Gasteiger partial charge in [0.2, 0.25) is 0 Å². The van der Waals surface area contributed by atoms with Gasteiger partial charge in [-0.3, -0.25) is 0 Å². The molecule has 0 bridgehead atoms. The molecule has 0 saturated heterocycles. The molecule has 6 radical (unpaired) electrons. The molecule has 0 atom stereocenters. The monoisotopic (exact) mass is 550 g/mol.